The lowest BCUT2D eigenvalue weighted by atomic mass is 10.0. The van der Waals surface area contributed by atoms with Crippen LogP contribution in [0.4, 0.5) is 28.9 Å². The highest BCUT2D eigenvalue weighted by Gasteiger charge is 2.31. The maximum atomic E-state index is 13.9. The second-order valence-corrected chi connectivity index (χ2v) is 7.49. The van der Waals surface area contributed by atoms with Crippen LogP contribution in [0.5, 0.6) is 0 Å². The highest BCUT2D eigenvalue weighted by atomic mass is 79.9. The first kappa shape index (κ1) is 21.5. The molecule has 2 aromatic rings. The van der Waals surface area contributed by atoms with Crippen LogP contribution in [0.3, 0.4) is 0 Å². The minimum Gasteiger partial charge on any atom is -0.372 e. The number of hydrogen-bond donors (Lipinski definition) is 2. The minimum atomic E-state index is -4.52. The van der Waals surface area contributed by atoms with Crippen LogP contribution < -0.4 is 10.6 Å². The van der Waals surface area contributed by atoms with Gasteiger partial charge in [-0.05, 0) is 42.3 Å². The average molecular weight is 468 g/mol. The third kappa shape index (κ3) is 5.59. The molecule has 0 spiro atoms. The van der Waals surface area contributed by atoms with E-state index in [1.54, 1.807) is 19.9 Å². The van der Waals surface area contributed by atoms with Crippen LogP contribution in [-0.2, 0) is 11.0 Å². The molecular weight excluding hydrogens is 452 g/mol. The summed E-state index contributed by atoms with van der Waals surface area (Å²) < 4.78 is 52.7. The van der Waals surface area contributed by atoms with Crippen molar-refractivity contribution in [2.24, 2.45) is 5.92 Å². The largest absolute Gasteiger partial charge is 0.416 e. The average Bonchev–Trinajstić information content (AvgIpc) is 2.54. The third-order valence-electron chi connectivity index (χ3n) is 3.75. The van der Waals surface area contributed by atoms with E-state index in [0.29, 0.717) is 4.47 Å². The van der Waals surface area contributed by atoms with E-state index in [-0.39, 0.29) is 22.3 Å². The lowest BCUT2D eigenvalue weighted by molar-refractivity contribution is -0.137. The number of hydrogen-bond acceptors (Lipinski definition) is 2. The number of alkyl halides is 3. The number of rotatable bonds is 5. The first-order valence-corrected chi connectivity index (χ1v) is 9.05. The molecule has 0 bridgehead atoms. The number of nitrogens with one attached hydrogen (secondary N) is 2. The molecular formula is C18H16BrClF4N2O. The first-order chi connectivity index (χ1) is 12.5. The van der Waals surface area contributed by atoms with Gasteiger partial charge in [0, 0.05) is 4.47 Å². The number of anilines is 2. The number of carbonyl (C=O) groups excluding carboxylic acids is 1. The Morgan fingerprint density at radius 1 is 1.11 bits per heavy atom. The summed E-state index contributed by atoms with van der Waals surface area (Å²) in [5.41, 5.74) is -0.718. The van der Waals surface area contributed by atoms with Gasteiger partial charge in [0.05, 0.1) is 22.0 Å². The Balaban J connectivity index is 2.21. The lowest BCUT2D eigenvalue weighted by Gasteiger charge is -2.24. The van der Waals surface area contributed by atoms with E-state index in [2.05, 4.69) is 26.6 Å². The quantitative estimate of drug-likeness (QED) is 0.504. The van der Waals surface area contributed by atoms with Gasteiger partial charge in [-0.1, -0.05) is 41.4 Å². The van der Waals surface area contributed by atoms with Gasteiger partial charge in [-0.15, -0.1) is 0 Å². The van der Waals surface area contributed by atoms with Crippen molar-refractivity contribution in [3.63, 3.8) is 0 Å². The van der Waals surface area contributed by atoms with E-state index < -0.39 is 29.5 Å². The molecule has 0 saturated carbocycles. The Hall–Kier alpha value is -1.80. The summed E-state index contributed by atoms with van der Waals surface area (Å²) in [6, 6.07) is 6.16. The van der Waals surface area contributed by atoms with E-state index >= 15 is 0 Å². The summed E-state index contributed by atoms with van der Waals surface area (Å²) in [5, 5.41) is 5.14. The summed E-state index contributed by atoms with van der Waals surface area (Å²) in [5.74, 6) is -1.41. The molecule has 0 aliphatic carbocycles. The van der Waals surface area contributed by atoms with Crippen LogP contribution in [0.1, 0.15) is 19.4 Å². The van der Waals surface area contributed by atoms with E-state index in [1.165, 1.54) is 12.1 Å². The Kier molecular flexibility index (Phi) is 6.75. The predicted molar refractivity (Wildman–Crippen MR) is 101 cm³/mol. The molecule has 2 N–H and O–H groups in total. The predicted octanol–water partition coefficient (Wildman–Crippen LogP) is 6.34. The monoisotopic (exact) mass is 466 g/mol. The van der Waals surface area contributed by atoms with Crippen LogP contribution in [-0.4, -0.2) is 11.9 Å². The zero-order valence-corrected chi connectivity index (χ0v) is 16.6. The maximum Gasteiger partial charge on any atom is 0.416 e. The van der Waals surface area contributed by atoms with Crippen LogP contribution in [0.15, 0.2) is 40.9 Å². The number of carbonyl (C=O) groups is 1. The zero-order valence-electron chi connectivity index (χ0n) is 14.3. The van der Waals surface area contributed by atoms with Gasteiger partial charge >= 0.3 is 6.18 Å². The molecule has 3 nitrogen and oxygen atoms in total. The van der Waals surface area contributed by atoms with Gasteiger partial charge in [0.15, 0.2) is 0 Å². The van der Waals surface area contributed by atoms with Crippen LogP contribution >= 0.6 is 27.5 Å². The van der Waals surface area contributed by atoms with Crippen LogP contribution in [0.25, 0.3) is 0 Å². The molecule has 0 aliphatic rings. The summed E-state index contributed by atoms with van der Waals surface area (Å²) in [6.07, 6.45) is -4.52. The summed E-state index contributed by atoms with van der Waals surface area (Å²) in [7, 11) is 0. The SMILES string of the molecule is CC(C)[C@H](Nc1ccc(C(F)(F)F)cc1Cl)C(=O)Nc1ccc(Br)cc1F. The summed E-state index contributed by atoms with van der Waals surface area (Å²) in [4.78, 5) is 12.6. The molecule has 27 heavy (non-hydrogen) atoms. The minimum absolute atomic E-state index is 0.00540. The van der Waals surface area contributed by atoms with Crippen molar-refractivity contribution in [1.82, 2.24) is 0 Å². The zero-order chi connectivity index (χ0) is 20.4. The van der Waals surface area contributed by atoms with Crippen molar-refractivity contribution in [3.8, 4) is 0 Å². The van der Waals surface area contributed by atoms with Crippen molar-refractivity contribution in [2.45, 2.75) is 26.1 Å². The molecule has 1 atom stereocenters. The van der Waals surface area contributed by atoms with Gasteiger partial charge in [-0.25, -0.2) is 4.39 Å². The molecule has 0 radical (unpaired) electrons. The van der Waals surface area contributed by atoms with E-state index in [4.69, 9.17) is 11.6 Å². The molecule has 0 fully saturated rings. The first-order valence-electron chi connectivity index (χ1n) is 7.88. The molecule has 0 aromatic heterocycles. The van der Waals surface area contributed by atoms with Crippen molar-refractivity contribution in [1.29, 1.82) is 0 Å². The fourth-order valence-corrected chi connectivity index (χ4v) is 2.88. The number of amides is 1. The van der Waals surface area contributed by atoms with Gasteiger partial charge in [0.1, 0.15) is 11.9 Å². The van der Waals surface area contributed by atoms with E-state index in [0.717, 1.165) is 18.2 Å². The summed E-state index contributed by atoms with van der Waals surface area (Å²) in [6.45, 7) is 3.49. The summed E-state index contributed by atoms with van der Waals surface area (Å²) >= 11 is 9.06. The van der Waals surface area contributed by atoms with Crippen molar-refractivity contribution >= 4 is 44.8 Å². The fourth-order valence-electron chi connectivity index (χ4n) is 2.31. The normalized spacial score (nSPS) is 12.8. The third-order valence-corrected chi connectivity index (χ3v) is 4.55. The molecule has 1 amide bonds. The number of benzene rings is 2. The topological polar surface area (TPSA) is 41.1 Å². The second-order valence-electron chi connectivity index (χ2n) is 6.17. The van der Waals surface area contributed by atoms with Gasteiger partial charge in [-0.2, -0.15) is 13.2 Å². The fraction of sp³-hybridized carbons (Fsp3) is 0.278. The molecule has 2 aromatic carbocycles. The Morgan fingerprint density at radius 2 is 1.74 bits per heavy atom. The van der Waals surface area contributed by atoms with Gasteiger partial charge in [0.25, 0.3) is 0 Å². The van der Waals surface area contributed by atoms with Gasteiger partial charge in [0.2, 0.25) is 5.91 Å². The molecule has 146 valence electrons. The van der Waals surface area contributed by atoms with E-state index in [1.807, 2.05) is 0 Å². The van der Waals surface area contributed by atoms with Crippen molar-refractivity contribution < 1.29 is 22.4 Å². The lowest BCUT2D eigenvalue weighted by Crippen LogP contribution is -2.39. The molecule has 0 saturated heterocycles. The van der Waals surface area contributed by atoms with Crippen molar-refractivity contribution in [3.05, 3.63) is 57.3 Å². The number of halogens is 6. The molecule has 0 heterocycles. The highest BCUT2D eigenvalue weighted by Crippen LogP contribution is 2.34. The van der Waals surface area contributed by atoms with Crippen LogP contribution in [0.2, 0.25) is 5.02 Å². The Labute approximate surface area is 167 Å². The molecule has 0 aliphatic heterocycles. The molecule has 0 unspecified atom stereocenters. The highest BCUT2D eigenvalue weighted by molar-refractivity contribution is 9.10. The second kappa shape index (κ2) is 8.48. The Bertz CT molecular complexity index is 843. The molecule has 9 heteroatoms. The van der Waals surface area contributed by atoms with E-state index in [9.17, 15) is 22.4 Å². The van der Waals surface area contributed by atoms with Crippen LogP contribution in [0, 0.1) is 11.7 Å². The maximum absolute atomic E-state index is 13.9. The standard InChI is InChI=1S/C18H16BrClF4N2O/c1-9(2)16(17(27)26-15-6-4-11(19)8-13(15)21)25-14-5-3-10(7-12(14)20)18(22,23)24/h3-9,16,25H,1-2H3,(H,26,27)/t16-/m0/s1. The Morgan fingerprint density at radius 3 is 2.26 bits per heavy atom. The van der Waals surface area contributed by atoms with Crippen molar-refractivity contribution in [2.75, 3.05) is 10.6 Å². The molecule has 2 rings (SSSR count). The smallest absolute Gasteiger partial charge is 0.372 e. The van der Waals surface area contributed by atoms with Gasteiger partial charge in [-0.3, -0.25) is 4.79 Å². The van der Waals surface area contributed by atoms with Gasteiger partial charge < -0.3 is 10.6 Å².